The fourth-order valence-corrected chi connectivity index (χ4v) is 4.51. The second kappa shape index (κ2) is 14.3. The topological polar surface area (TPSA) is 89.1 Å². The van der Waals surface area contributed by atoms with Crippen LogP contribution >= 0.6 is 0 Å². The highest BCUT2D eigenvalue weighted by molar-refractivity contribution is 5.98. The van der Waals surface area contributed by atoms with E-state index in [0.29, 0.717) is 48.1 Å². The lowest BCUT2D eigenvalue weighted by Gasteiger charge is -2.27. The SMILES string of the molecule is C=C(C)C(C(=O)NC)c1cc(C(=O)NCN2CCOCC2)c(OCc2ccccc2)cc1OCc1ccccc1. The maximum atomic E-state index is 13.6. The summed E-state index contributed by atoms with van der Waals surface area (Å²) in [4.78, 5) is 28.7. The van der Waals surface area contributed by atoms with Gasteiger partial charge in [-0.2, -0.15) is 0 Å². The third kappa shape index (κ3) is 7.71. The van der Waals surface area contributed by atoms with Crippen molar-refractivity contribution in [3.8, 4) is 11.5 Å². The zero-order valence-electron chi connectivity index (χ0n) is 23.2. The van der Waals surface area contributed by atoms with Crippen molar-refractivity contribution < 1.29 is 23.8 Å². The number of carbonyl (C=O) groups excluding carboxylic acids is 2. The van der Waals surface area contributed by atoms with Crippen molar-refractivity contribution in [2.24, 2.45) is 0 Å². The number of likely N-dealkylation sites (N-methyl/N-ethyl adjacent to an activating group) is 1. The molecule has 3 aromatic rings. The molecule has 1 aliphatic rings. The normalized spacial score (nSPS) is 14.2. The Bertz CT molecular complexity index is 1290. The van der Waals surface area contributed by atoms with Gasteiger partial charge in [-0.3, -0.25) is 14.5 Å². The molecule has 40 heavy (non-hydrogen) atoms. The van der Waals surface area contributed by atoms with Gasteiger partial charge in [-0.1, -0.05) is 72.8 Å². The smallest absolute Gasteiger partial charge is 0.256 e. The molecular weight excluding hydrogens is 506 g/mol. The van der Waals surface area contributed by atoms with Crippen molar-refractivity contribution in [3.63, 3.8) is 0 Å². The molecule has 4 rings (SSSR count). The molecule has 3 aromatic carbocycles. The maximum absolute atomic E-state index is 13.6. The summed E-state index contributed by atoms with van der Waals surface area (Å²) in [6.45, 7) is 9.52. The van der Waals surface area contributed by atoms with Crippen LogP contribution in [0.5, 0.6) is 11.5 Å². The molecule has 0 aromatic heterocycles. The standard InChI is InChI=1S/C32H37N3O5/c1-23(2)30(32(37)33-3)26-18-27(31(36)34-22-35-14-16-38-17-15-35)29(40-21-25-12-8-5-9-13-25)19-28(26)39-20-24-10-6-4-7-11-24/h4-13,18-19,30H,1,14-17,20-22H2,2-3H3,(H,33,37)(H,34,36). The Morgan fingerprint density at radius 2 is 1.50 bits per heavy atom. The van der Waals surface area contributed by atoms with Crippen LogP contribution in [0.3, 0.4) is 0 Å². The number of amides is 2. The van der Waals surface area contributed by atoms with E-state index in [1.807, 2.05) is 60.7 Å². The summed E-state index contributed by atoms with van der Waals surface area (Å²) in [5, 5.41) is 5.73. The van der Waals surface area contributed by atoms with Crippen molar-refractivity contribution in [2.75, 3.05) is 40.0 Å². The Hall–Kier alpha value is -4.14. The molecule has 1 saturated heterocycles. The van der Waals surface area contributed by atoms with Crippen LogP contribution in [0.15, 0.2) is 84.9 Å². The van der Waals surface area contributed by atoms with Gasteiger partial charge < -0.3 is 24.8 Å². The number of rotatable bonds is 12. The second-order valence-corrected chi connectivity index (χ2v) is 9.72. The third-order valence-corrected chi connectivity index (χ3v) is 6.71. The van der Waals surface area contributed by atoms with Gasteiger partial charge in [0.05, 0.1) is 31.4 Å². The first kappa shape index (κ1) is 28.9. The zero-order valence-corrected chi connectivity index (χ0v) is 23.2. The number of nitrogens with zero attached hydrogens (tertiary/aromatic N) is 1. The van der Waals surface area contributed by atoms with Crippen LogP contribution < -0.4 is 20.1 Å². The predicted molar refractivity (Wildman–Crippen MR) is 154 cm³/mol. The highest BCUT2D eigenvalue weighted by atomic mass is 16.5. The van der Waals surface area contributed by atoms with Crippen LogP contribution in [0.4, 0.5) is 0 Å². The molecular formula is C32H37N3O5. The van der Waals surface area contributed by atoms with Crippen LogP contribution in [0, 0.1) is 0 Å². The lowest BCUT2D eigenvalue weighted by Crippen LogP contribution is -2.43. The molecule has 1 aliphatic heterocycles. The van der Waals surface area contributed by atoms with Gasteiger partial charge in [-0.05, 0) is 24.1 Å². The number of morpholine rings is 1. The van der Waals surface area contributed by atoms with E-state index in [1.165, 1.54) is 0 Å². The fourth-order valence-electron chi connectivity index (χ4n) is 4.51. The number of carbonyl (C=O) groups is 2. The molecule has 2 N–H and O–H groups in total. The van der Waals surface area contributed by atoms with E-state index in [0.717, 1.165) is 24.2 Å². The van der Waals surface area contributed by atoms with Crippen molar-refractivity contribution in [1.29, 1.82) is 0 Å². The Kier molecular flexibility index (Phi) is 10.3. The van der Waals surface area contributed by atoms with Gasteiger partial charge >= 0.3 is 0 Å². The first-order chi connectivity index (χ1) is 19.5. The molecule has 1 fully saturated rings. The lowest BCUT2D eigenvalue weighted by molar-refractivity contribution is -0.121. The number of hydrogen-bond acceptors (Lipinski definition) is 6. The van der Waals surface area contributed by atoms with Crippen LogP contribution in [-0.4, -0.2) is 56.7 Å². The predicted octanol–water partition coefficient (Wildman–Crippen LogP) is 4.27. The van der Waals surface area contributed by atoms with Gasteiger partial charge in [0.25, 0.3) is 5.91 Å². The minimum Gasteiger partial charge on any atom is -0.488 e. The van der Waals surface area contributed by atoms with Crippen LogP contribution in [0.25, 0.3) is 0 Å². The zero-order chi connectivity index (χ0) is 28.3. The Labute approximate surface area is 235 Å². The van der Waals surface area contributed by atoms with E-state index >= 15 is 0 Å². The molecule has 0 aliphatic carbocycles. The van der Waals surface area contributed by atoms with Crippen molar-refractivity contribution >= 4 is 11.8 Å². The average Bonchev–Trinajstić information content (AvgIpc) is 2.99. The summed E-state index contributed by atoms with van der Waals surface area (Å²) in [5.41, 5.74) is 3.43. The van der Waals surface area contributed by atoms with Gasteiger partial charge in [-0.15, -0.1) is 0 Å². The molecule has 8 heteroatoms. The van der Waals surface area contributed by atoms with Crippen molar-refractivity contribution in [3.05, 3.63) is 107 Å². The quantitative estimate of drug-likeness (QED) is 0.332. The average molecular weight is 544 g/mol. The van der Waals surface area contributed by atoms with E-state index in [2.05, 4.69) is 22.1 Å². The molecule has 8 nitrogen and oxygen atoms in total. The second-order valence-electron chi connectivity index (χ2n) is 9.72. The van der Waals surface area contributed by atoms with Gasteiger partial charge in [0.2, 0.25) is 5.91 Å². The minimum atomic E-state index is -0.718. The number of ether oxygens (including phenoxy) is 3. The number of nitrogens with one attached hydrogen (secondary N) is 2. The number of hydrogen-bond donors (Lipinski definition) is 2. The Balaban J connectivity index is 1.72. The minimum absolute atomic E-state index is 0.241. The number of benzene rings is 3. The van der Waals surface area contributed by atoms with Crippen LogP contribution in [-0.2, 0) is 22.7 Å². The summed E-state index contributed by atoms with van der Waals surface area (Å²) < 4.78 is 17.9. The van der Waals surface area contributed by atoms with Crippen LogP contribution in [0.2, 0.25) is 0 Å². The van der Waals surface area contributed by atoms with Gasteiger partial charge in [0.15, 0.2) is 0 Å². The summed E-state index contributed by atoms with van der Waals surface area (Å²) in [5.74, 6) is -0.442. The van der Waals surface area contributed by atoms with E-state index in [4.69, 9.17) is 14.2 Å². The van der Waals surface area contributed by atoms with Crippen molar-refractivity contribution in [2.45, 2.75) is 26.1 Å². The first-order valence-corrected chi connectivity index (χ1v) is 13.4. The molecule has 1 atom stereocenters. The Morgan fingerprint density at radius 1 is 0.925 bits per heavy atom. The summed E-state index contributed by atoms with van der Waals surface area (Å²) in [7, 11) is 1.58. The molecule has 210 valence electrons. The van der Waals surface area contributed by atoms with E-state index in [-0.39, 0.29) is 25.0 Å². The molecule has 1 unspecified atom stereocenters. The third-order valence-electron chi connectivity index (χ3n) is 6.71. The summed E-state index contributed by atoms with van der Waals surface area (Å²) in [6, 6.07) is 22.9. The molecule has 0 bridgehead atoms. The van der Waals surface area contributed by atoms with Gasteiger partial charge in [-0.25, -0.2) is 0 Å². The van der Waals surface area contributed by atoms with Crippen LogP contribution in [0.1, 0.15) is 39.9 Å². The fraction of sp³-hybridized carbons (Fsp3) is 0.312. The van der Waals surface area contributed by atoms with E-state index < -0.39 is 5.92 Å². The Morgan fingerprint density at radius 3 is 2.05 bits per heavy atom. The molecule has 0 spiro atoms. The molecule has 0 radical (unpaired) electrons. The molecule has 1 heterocycles. The summed E-state index contributed by atoms with van der Waals surface area (Å²) in [6.07, 6.45) is 0. The van der Waals surface area contributed by atoms with E-state index in [1.54, 1.807) is 26.1 Å². The van der Waals surface area contributed by atoms with Gasteiger partial charge in [0, 0.05) is 31.8 Å². The highest BCUT2D eigenvalue weighted by Crippen LogP contribution is 2.38. The molecule has 2 amide bonds. The van der Waals surface area contributed by atoms with Gasteiger partial charge in [0.1, 0.15) is 24.7 Å². The van der Waals surface area contributed by atoms with E-state index in [9.17, 15) is 9.59 Å². The molecule has 0 saturated carbocycles. The monoisotopic (exact) mass is 543 g/mol. The first-order valence-electron chi connectivity index (χ1n) is 13.4. The lowest BCUT2D eigenvalue weighted by atomic mass is 9.89. The van der Waals surface area contributed by atoms with Crippen molar-refractivity contribution in [1.82, 2.24) is 15.5 Å². The summed E-state index contributed by atoms with van der Waals surface area (Å²) >= 11 is 0. The largest absolute Gasteiger partial charge is 0.488 e. The maximum Gasteiger partial charge on any atom is 0.256 e. The highest BCUT2D eigenvalue weighted by Gasteiger charge is 2.28.